The Hall–Kier alpha value is -0.340. The molecular weight excluding hydrogens is 90.1 g/mol. The fourth-order valence-corrected chi connectivity index (χ4v) is 0.292. The van der Waals surface area contributed by atoms with Gasteiger partial charge in [0.1, 0.15) is 0 Å². The summed E-state index contributed by atoms with van der Waals surface area (Å²) in [5, 5.41) is 11.5. The van der Waals surface area contributed by atoms with Gasteiger partial charge in [-0.3, -0.25) is 0 Å². The smallest absolute Gasteiger partial charge is 0.0842 e. The summed E-state index contributed by atoms with van der Waals surface area (Å²) in [6.45, 7) is 3.98. The van der Waals surface area contributed by atoms with Crippen LogP contribution in [-0.2, 0) is 0 Å². The summed E-state index contributed by atoms with van der Waals surface area (Å²) in [6, 6.07) is 0. The van der Waals surface area contributed by atoms with E-state index in [9.17, 15) is 0 Å². The summed E-state index contributed by atoms with van der Waals surface area (Å²) in [4.78, 5) is 0. The Bertz CT molecular complexity index is 54.0. The molecule has 7 heavy (non-hydrogen) atoms. The van der Waals surface area contributed by atoms with Crippen molar-refractivity contribution in [2.24, 2.45) is 0 Å². The molecule has 0 saturated heterocycles. The molecule has 0 aliphatic rings. The number of hydrogen-bond acceptors (Lipinski definition) is 2. The first-order valence-electron chi connectivity index (χ1n) is 2.26. The second-order valence-corrected chi connectivity index (χ2v) is 1.36. The molecule has 2 N–H and O–H groups in total. The van der Waals surface area contributed by atoms with Gasteiger partial charge in [0, 0.05) is 6.54 Å². The molecule has 0 aliphatic carbocycles. The van der Waals surface area contributed by atoms with Crippen LogP contribution in [0.1, 0.15) is 0 Å². The van der Waals surface area contributed by atoms with Crippen molar-refractivity contribution in [3.8, 4) is 0 Å². The van der Waals surface area contributed by atoms with Crippen molar-refractivity contribution >= 4 is 0 Å². The van der Waals surface area contributed by atoms with Gasteiger partial charge < -0.3 is 10.4 Å². The number of aliphatic hydroxyl groups excluding tert-OH is 1. The zero-order chi connectivity index (χ0) is 5.70. The maximum absolute atomic E-state index is 8.68. The van der Waals surface area contributed by atoms with Gasteiger partial charge in [-0.15, -0.1) is 6.58 Å². The van der Waals surface area contributed by atoms with Crippen LogP contribution >= 0.6 is 0 Å². The van der Waals surface area contributed by atoms with Crippen molar-refractivity contribution in [2.45, 2.75) is 6.10 Å². The van der Waals surface area contributed by atoms with Gasteiger partial charge in [0.2, 0.25) is 0 Å². The Balaban J connectivity index is 2.98. The van der Waals surface area contributed by atoms with Gasteiger partial charge in [-0.2, -0.15) is 0 Å². The van der Waals surface area contributed by atoms with E-state index < -0.39 is 6.10 Å². The van der Waals surface area contributed by atoms with Gasteiger partial charge in [-0.25, -0.2) is 0 Å². The topological polar surface area (TPSA) is 32.3 Å². The van der Waals surface area contributed by atoms with Crippen LogP contribution in [0.3, 0.4) is 0 Å². The van der Waals surface area contributed by atoms with Crippen molar-refractivity contribution < 1.29 is 5.11 Å². The van der Waals surface area contributed by atoms with Crippen LogP contribution in [0.25, 0.3) is 0 Å². The Morgan fingerprint density at radius 3 is 2.71 bits per heavy atom. The second-order valence-electron chi connectivity index (χ2n) is 1.36. The molecule has 2 nitrogen and oxygen atoms in total. The predicted molar refractivity (Wildman–Crippen MR) is 30.1 cm³/mol. The van der Waals surface area contributed by atoms with E-state index in [0.29, 0.717) is 6.54 Å². The molecule has 42 valence electrons. The monoisotopic (exact) mass is 101 g/mol. The molecule has 0 aromatic rings. The molecule has 0 fully saturated rings. The van der Waals surface area contributed by atoms with Crippen LogP contribution in [-0.4, -0.2) is 24.8 Å². The molecule has 1 unspecified atom stereocenters. The van der Waals surface area contributed by atoms with E-state index in [2.05, 4.69) is 11.9 Å². The summed E-state index contributed by atoms with van der Waals surface area (Å²) in [5.41, 5.74) is 0. The molecule has 1 atom stereocenters. The fraction of sp³-hybridized carbons (Fsp3) is 0.600. The average molecular weight is 101 g/mol. The van der Waals surface area contributed by atoms with Gasteiger partial charge in [0.15, 0.2) is 0 Å². The third-order valence-corrected chi connectivity index (χ3v) is 0.685. The Labute approximate surface area is 43.9 Å². The minimum absolute atomic E-state index is 0.398. The zero-order valence-corrected chi connectivity index (χ0v) is 4.52. The summed E-state index contributed by atoms with van der Waals surface area (Å²) >= 11 is 0. The molecule has 0 rings (SSSR count). The van der Waals surface area contributed by atoms with Crippen LogP contribution in [0, 0.1) is 0 Å². The fourth-order valence-electron chi connectivity index (χ4n) is 0.292. The van der Waals surface area contributed by atoms with Crippen molar-refractivity contribution in [3.05, 3.63) is 12.7 Å². The van der Waals surface area contributed by atoms with E-state index in [1.165, 1.54) is 6.08 Å². The highest BCUT2D eigenvalue weighted by Gasteiger charge is 1.90. The lowest BCUT2D eigenvalue weighted by molar-refractivity contribution is 0.222. The maximum atomic E-state index is 8.68. The second kappa shape index (κ2) is 3.84. The molecule has 0 amide bonds. The van der Waals surface area contributed by atoms with Gasteiger partial charge in [0.25, 0.3) is 0 Å². The number of rotatable bonds is 3. The van der Waals surface area contributed by atoms with Crippen LogP contribution in [0.15, 0.2) is 12.7 Å². The van der Waals surface area contributed by atoms with Gasteiger partial charge in [-0.1, -0.05) is 6.08 Å². The minimum Gasteiger partial charge on any atom is -0.388 e. The summed E-state index contributed by atoms with van der Waals surface area (Å²) in [5.74, 6) is 0. The Morgan fingerprint density at radius 2 is 2.57 bits per heavy atom. The van der Waals surface area contributed by atoms with E-state index in [1.54, 1.807) is 7.05 Å². The highest BCUT2D eigenvalue weighted by atomic mass is 16.3. The molecule has 0 heterocycles. The Morgan fingerprint density at radius 1 is 2.00 bits per heavy atom. The van der Waals surface area contributed by atoms with Crippen molar-refractivity contribution in [1.29, 1.82) is 0 Å². The van der Waals surface area contributed by atoms with Crippen LogP contribution < -0.4 is 5.32 Å². The first kappa shape index (κ1) is 6.66. The third-order valence-electron chi connectivity index (χ3n) is 0.685. The highest BCUT2D eigenvalue weighted by Crippen LogP contribution is 1.76. The van der Waals surface area contributed by atoms with Crippen molar-refractivity contribution in [3.63, 3.8) is 0 Å². The number of likely N-dealkylation sites (N-methyl/N-ethyl adjacent to an activating group) is 1. The molecule has 2 heteroatoms. The minimum atomic E-state index is -0.398. The van der Waals surface area contributed by atoms with E-state index in [4.69, 9.17) is 5.11 Å². The molecule has 0 bridgehead atoms. The molecule has 0 radical (unpaired) electrons. The third kappa shape index (κ3) is 3.49. The lowest BCUT2D eigenvalue weighted by Crippen LogP contribution is -2.20. The molecule has 0 aromatic heterocycles. The molecular formula is C5H11NO. The van der Waals surface area contributed by atoms with Crippen molar-refractivity contribution in [1.82, 2.24) is 5.32 Å². The highest BCUT2D eigenvalue weighted by molar-refractivity contribution is 4.78. The van der Waals surface area contributed by atoms with E-state index in [-0.39, 0.29) is 0 Å². The number of nitrogens with one attached hydrogen (secondary N) is 1. The SMILES string of the molecule is C=CC(O)CNC. The largest absolute Gasteiger partial charge is 0.388 e. The van der Waals surface area contributed by atoms with Crippen LogP contribution in [0.2, 0.25) is 0 Å². The van der Waals surface area contributed by atoms with Crippen LogP contribution in [0.5, 0.6) is 0 Å². The van der Waals surface area contributed by atoms with Gasteiger partial charge in [-0.05, 0) is 7.05 Å². The average Bonchev–Trinajstić information content (AvgIpc) is 1.68. The summed E-state index contributed by atoms with van der Waals surface area (Å²) in [7, 11) is 1.78. The van der Waals surface area contributed by atoms with E-state index in [1.807, 2.05) is 0 Å². The van der Waals surface area contributed by atoms with E-state index in [0.717, 1.165) is 0 Å². The molecule has 0 aliphatic heterocycles. The first-order chi connectivity index (χ1) is 3.31. The maximum Gasteiger partial charge on any atom is 0.0842 e. The van der Waals surface area contributed by atoms with Crippen molar-refractivity contribution in [2.75, 3.05) is 13.6 Å². The van der Waals surface area contributed by atoms with Gasteiger partial charge >= 0.3 is 0 Å². The quantitative estimate of drug-likeness (QED) is 0.480. The lowest BCUT2D eigenvalue weighted by atomic mass is 10.4. The molecule has 0 aromatic carbocycles. The standard InChI is InChI=1S/C5H11NO/c1-3-5(7)4-6-2/h3,5-7H,1,4H2,2H3. The summed E-state index contributed by atoms with van der Waals surface area (Å²) < 4.78 is 0. The van der Waals surface area contributed by atoms with Gasteiger partial charge in [0.05, 0.1) is 6.10 Å². The first-order valence-corrected chi connectivity index (χ1v) is 2.26. The number of aliphatic hydroxyl groups is 1. The summed E-state index contributed by atoms with van der Waals surface area (Å²) in [6.07, 6.45) is 1.10. The Kier molecular flexibility index (Phi) is 3.65. The van der Waals surface area contributed by atoms with E-state index >= 15 is 0 Å². The number of hydrogen-bond donors (Lipinski definition) is 2. The zero-order valence-electron chi connectivity index (χ0n) is 4.52. The normalized spacial score (nSPS) is 13.4. The van der Waals surface area contributed by atoms with Crippen LogP contribution in [0.4, 0.5) is 0 Å². The molecule has 0 spiro atoms. The lowest BCUT2D eigenvalue weighted by Gasteiger charge is -1.99. The predicted octanol–water partition coefficient (Wildman–Crippen LogP) is -0.247. The molecule has 0 saturated carbocycles.